The third kappa shape index (κ3) is 2.47. The highest BCUT2D eigenvalue weighted by Gasteiger charge is 2.27. The quantitative estimate of drug-likeness (QED) is 0.913. The predicted molar refractivity (Wildman–Crippen MR) is 79.4 cm³/mol. The molecule has 3 rings (SSSR count). The molecule has 0 spiro atoms. The molecule has 1 unspecified atom stereocenters. The van der Waals surface area contributed by atoms with E-state index in [1.165, 1.54) is 0 Å². The van der Waals surface area contributed by atoms with Crippen LogP contribution in [0.15, 0.2) is 42.5 Å². The van der Waals surface area contributed by atoms with Crippen molar-refractivity contribution in [2.45, 2.75) is 18.6 Å². The number of ether oxygens (including phenoxy) is 2. The number of fused-ring (bicyclic) bond motifs is 1. The molecule has 2 aromatic rings. The molecule has 0 saturated carbocycles. The van der Waals surface area contributed by atoms with Crippen LogP contribution in [0, 0.1) is 0 Å². The molecule has 0 bridgehead atoms. The monoisotopic (exact) mass is 289 g/mol. The van der Waals surface area contributed by atoms with Gasteiger partial charge in [-0.3, -0.25) is 0 Å². The normalized spacial score (nSPS) is 20.9. The lowest BCUT2D eigenvalue weighted by molar-refractivity contribution is 0.161. The molecule has 0 radical (unpaired) electrons. The maximum absolute atomic E-state index is 6.24. The largest absolute Gasteiger partial charge is 0.497 e. The van der Waals surface area contributed by atoms with Gasteiger partial charge in [-0.2, -0.15) is 0 Å². The highest BCUT2D eigenvalue weighted by Crippen LogP contribution is 2.41. The van der Waals surface area contributed by atoms with Crippen molar-refractivity contribution in [3.63, 3.8) is 0 Å². The predicted octanol–water partition coefficient (Wildman–Crippen LogP) is 3.87. The maximum atomic E-state index is 6.24. The van der Waals surface area contributed by atoms with Crippen LogP contribution in [0.2, 0.25) is 5.02 Å². The van der Waals surface area contributed by atoms with E-state index >= 15 is 0 Å². The summed E-state index contributed by atoms with van der Waals surface area (Å²) in [5, 5.41) is 0.683. The summed E-state index contributed by atoms with van der Waals surface area (Å²) in [6.45, 7) is 0. The molecule has 0 amide bonds. The van der Waals surface area contributed by atoms with Crippen molar-refractivity contribution in [1.29, 1.82) is 0 Å². The topological polar surface area (TPSA) is 44.5 Å². The highest BCUT2D eigenvalue weighted by molar-refractivity contribution is 6.30. The van der Waals surface area contributed by atoms with Gasteiger partial charge in [0.2, 0.25) is 0 Å². The standard InChI is InChI=1S/C16H16ClNO2/c1-19-12-4-2-3-10(7-12)16-9-14(18)13-8-11(17)5-6-15(13)20-16/h2-8,14,16H,9,18H2,1H3/t14-,16?/m1/s1. The summed E-state index contributed by atoms with van der Waals surface area (Å²) in [5.41, 5.74) is 8.28. The van der Waals surface area contributed by atoms with Crippen LogP contribution in [0.5, 0.6) is 11.5 Å². The van der Waals surface area contributed by atoms with Crippen molar-refractivity contribution in [2.24, 2.45) is 5.73 Å². The van der Waals surface area contributed by atoms with Crippen LogP contribution in [-0.4, -0.2) is 7.11 Å². The Bertz CT molecular complexity index is 630. The van der Waals surface area contributed by atoms with E-state index in [4.69, 9.17) is 26.8 Å². The van der Waals surface area contributed by atoms with Crippen LogP contribution < -0.4 is 15.2 Å². The molecule has 0 aliphatic carbocycles. The van der Waals surface area contributed by atoms with Gasteiger partial charge in [-0.1, -0.05) is 23.7 Å². The summed E-state index contributed by atoms with van der Waals surface area (Å²) in [5.74, 6) is 1.63. The molecule has 20 heavy (non-hydrogen) atoms. The van der Waals surface area contributed by atoms with E-state index < -0.39 is 0 Å². The first kappa shape index (κ1) is 13.3. The van der Waals surface area contributed by atoms with Gasteiger partial charge < -0.3 is 15.2 Å². The van der Waals surface area contributed by atoms with Gasteiger partial charge in [0.1, 0.15) is 17.6 Å². The maximum Gasteiger partial charge on any atom is 0.126 e. The number of rotatable bonds is 2. The second-order valence-corrected chi connectivity index (χ2v) is 5.34. The summed E-state index contributed by atoms with van der Waals surface area (Å²) in [4.78, 5) is 0. The van der Waals surface area contributed by atoms with E-state index in [9.17, 15) is 0 Å². The smallest absolute Gasteiger partial charge is 0.126 e. The number of benzene rings is 2. The van der Waals surface area contributed by atoms with Crippen molar-refractivity contribution >= 4 is 11.6 Å². The molecule has 2 atom stereocenters. The number of hydrogen-bond acceptors (Lipinski definition) is 3. The fourth-order valence-corrected chi connectivity index (χ4v) is 2.70. The van der Waals surface area contributed by atoms with E-state index in [0.717, 1.165) is 29.0 Å². The Kier molecular flexibility index (Phi) is 3.55. The first-order valence-corrected chi connectivity index (χ1v) is 6.91. The van der Waals surface area contributed by atoms with Crippen molar-refractivity contribution in [1.82, 2.24) is 0 Å². The van der Waals surface area contributed by atoms with Crippen molar-refractivity contribution in [3.05, 3.63) is 58.6 Å². The summed E-state index contributed by atoms with van der Waals surface area (Å²) < 4.78 is 11.3. The molecule has 1 heterocycles. The molecular weight excluding hydrogens is 274 g/mol. The Hall–Kier alpha value is -1.71. The van der Waals surface area contributed by atoms with E-state index in [-0.39, 0.29) is 12.1 Å². The molecule has 3 nitrogen and oxygen atoms in total. The zero-order valence-electron chi connectivity index (χ0n) is 11.2. The average Bonchev–Trinajstić information content (AvgIpc) is 2.48. The molecule has 104 valence electrons. The number of hydrogen-bond donors (Lipinski definition) is 1. The Morgan fingerprint density at radius 3 is 2.90 bits per heavy atom. The summed E-state index contributed by atoms with van der Waals surface area (Å²) in [6.07, 6.45) is 0.661. The Balaban J connectivity index is 1.92. The molecule has 1 aliphatic rings. The van der Waals surface area contributed by atoms with Gasteiger partial charge in [-0.05, 0) is 35.9 Å². The first-order valence-electron chi connectivity index (χ1n) is 6.53. The van der Waals surface area contributed by atoms with Crippen LogP contribution >= 0.6 is 11.6 Å². The third-order valence-electron chi connectivity index (χ3n) is 3.57. The summed E-state index contributed by atoms with van der Waals surface area (Å²) >= 11 is 6.01. The van der Waals surface area contributed by atoms with Crippen LogP contribution in [0.3, 0.4) is 0 Å². The molecule has 1 aliphatic heterocycles. The Morgan fingerprint density at radius 2 is 2.10 bits per heavy atom. The SMILES string of the molecule is COc1cccc(C2C[C@@H](N)c3cc(Cl)ccc3O2)c1. The van der Waals surface area contributed by atoms with Gasteiger partial charge >= 0.3 is 0 Å². The summed E-state index contributed by atoms with van der Waals surface area (Å²) in [6, 6.07) is 13.4. The summed E-state index contributed by atoms with van der Waals surface area (Å²) in [7, 11) is 1.66. The van der Waals surface area contributed by atoms with Gasteiger partial charge in [-0.25, -0.2) is 0 Å². The van der Waals surface area contributed by atoms with Crippen molar-refractivity contribution in [2.75, 3.05) is 7.11 Å². The minimum atomic E-state index is -0.0753. The average molecular weight is 290 g/mol. The van der Waals surface area contributed by atoms with Gasteiger partial charge in [0.25, 0.3) is 0 Å². The minimum Gasteiger partial charge on any atom is -0.497 e. The van der Waals surface area contributed by atoms with Crippen LogP contribution in [-0.2, 0) is 0 Å². The van der Waals surface area contributed by atoms with Crippen molar-refractivity contribution < 1.29 is 9.47 Å². The zero-order chi connectivity index (χ0) is 14.1. The van der Waals surface area contributed by atoms with Crippen LogP contribution in [0.25, 0.3) is 0 Å². The van der Waals surface area contributed by atoms with Gasteiger partial charge in [0, 0.05) is 23.0 Å². The van der Waals surface area contributed by atoms with E-state index in [2.05, 4.69) is 0 Å². The molecule has 0 fully saturated rings. The third-order valence-corrected chi connectivity index (χ3v) is 3.81. The van der Waals surface area contributed by atoms with E-state index in [0.29, 0.717) is 5.02 Å². The van der Waals surface area contributed by atoms with Crippen LogP contribution in [0.1, 0.15) is 29.7 Å². The minimum absolute atomic E-state index is 0.0613. The number of halogens is 1. The number of nitrogens with two attached hydrogens (primary N) is 1. The van der Waals surface area contributed by atoms with Crippen molar-refractivity contribution in [3.8, 4) is 11.5 Å². The Morgan fingerprint density at radius 1 is 1.25 bits per heavy atom. The fourth-order valence-electron chi connectivity index (χ4n) is 2.52. The van der Waals surface area contributed by atoms with E-state index in [1.807, 2.05) is 42.5 Å². The first-order chi connectivity index (χ1) is 9.67. The second-order valence-electron chi connectivity index (χ2n) is 4.91. The molecule has 0 aromatic heterocycles. The lowest BCUT2D eigenvalue weighted by atomic mass is 9.93. The molecular formula is C16H16ClNO2. The second kappa shape index (κ2) is 5.35. The molecule has 0 saturated heterocycles. The molecule has 2 aromatic carbocycles. The fraction of sp³-hybridized carbons (Fsp3) is 0.250. The van der Waals surface area contributed by atoms with Crippen LogP contribution in [0.4, 0.5) is 0 Å². The van der Waals surface area contributed by atoms with E-state index in [1.54, 1.807) is 7.11 Å². The zero-order valence-corrected chi connectivity index (χ0v) is 11.9. The molecule has 4 heteroatoms. The van der Waals surface area contributed by atoms with Gasteiger partial charge in [0.15, 0.2) is 0 Å². The van der Waals surface area contributed by atoms with Gasteiger partial charge in [-0.15, -0.1) is 0 Å². The lowest BCUT2D eigenvalue weighted by Crippen LogP contribution is -2.24. The number of methoxy groups -OCH3 is 1. The Labute approximate surface area is 123 Å². The molecule has 2 N–H and O–H groups in total. The van der Waals surface area contributed by atoms with Gasteiger partial charge in [0.05, 0.1) is 7.11 Å². The highest BCUT2D eigenvalue weighted by atomic mass is 35.5. The lowest BCUT2D eigenvalue weighted by Gasteiger charge is -2.30.